The minimum absolute atomic E-state index is 0.0349. The van der Waals surface area contributed by atoms with E-state index in [0.717, 1.165) is 5.56 Å². The van der Waals surface area contributed by atoms with E-state index in [0.29, 0.717) is 10.6 Å². The van der Waals surface area contributed by atoms with E-state index in [1.807, 2.05) is 6.92 Å². The molecule has 1 rings (SSSR count). The Balaban J connectivity index is 3.19. The van der Waals surface area contributed by atoms with Gasteiger partial charge in [0, 0.05) is 0 Å². The van der Waals surface area contributed by atoms with E-state index in [1.165, 1.54) is 0 Å². The molecule has 0 aliphatic rings. The van der Waals surface area contributed by atoms with Crippen molar-refractivity contribution in [3.63, 3.8) is 0 Å². The van der Waals surface area contributed by atoms with Gasteiger partial charge in [0.15, 0.2) is 0 Å². The first-order valence-electron chi connectivity index (χ1n) is 3.47. The van der Waals surface area contributed by atoms with E-state index in [9.17, 15) is 5.11 Å². The van der Waals surface area contributed by atoms with Gasteiger partial charge >= 0.3 is 0 Å². The van der Waals surface area contributed by atoms with Gasteiger partial charge in [-0.25, -0.2) is 6.57 Å². The zero-order valence-electron chi connectivity index (χ0n) is 6.63. The third-order valence-corrected chi connectivity index (χ3v) is 2.12. The van der Waals surface area contributed by atoms with Crippen LogP contribution < -0.4 is 0 Å². The van der Waals surface area contributed by atoms with E-state index in [-0.39, 0.29) is 12.3 Å². The van der Waals surface area contributed by atoms with Crippen LogP contribution in [0.4, 0.5) is 0 Å². The minimum Gasteiger partial charge on any atom is -0.506 e. The molecule has 0 saturated heterocycles. The lowest BCUT2D eigenvalue weighted by Crippen LogP contribution is -1.84. The average molecular weight is 182 g/mol. The topological polar surface area (TPSA) is 24.6 Å². The van der Waals surface area contributed by atoms with Crippen LogP contribution in [0.2, 0.25) is 5.02 Å². The van der Waals surface area contributed by atoms with Crippen molar-refractivity contribution in [3.05, 3.63) is 39.7 Å². The van der Waals surface area contributed by atoms with Gasteiger partial charge in [0.05, 0.1) is 10.6 Å². The van der Waals surface area contributed by atoms with Crippen molar-refractivity contribution in [2.75, 3.05) is 0 Å². The fourth-order valence-electron chi connectivity index (χ4n) is 0.918. The van der Waals surface area contributed by atoms with Crippen molar-refractivity contribution in [2.24, 2.45) is 0 Å². The lowest BCUT2D eigenvalue weighted by Gasteiger charge is -2.02. The van der Waals surface area contributed by atoms with Crippen molar-refractivity contribution in [3.8, 4) is 5.75 Å². The van der Waals surface area contributed by atoms with E-state index in [2.05, 4.69) is 4.85 Å². The standard InChI is InChI=1S/C9H8ClNO/c1-6-3-4-7(5-11-2)9(12)8(6)10/h3-4,12H,5H2,1H3. The Morgan fingerprint density at radius 2 is 2.25 bits per heavy atom. The number of halogens is 1. The summed E-state index contributed by atoms with van der Waals surface area (Å²) in [6, 6.07) is 3.51. The van der Waals surface area contributed by atoms with Crippen LogP contribution in [0.25, 0.3) is 4.85 Å². The highest BCUT2D eigenvalue weighted by molar-refractivity contribution is 6.32. The Bertz CT molecular complexity index is 341. The summed E-state index contributed by atoms with van der Waals surface area (Å²) in [6.45, 7) is 8.61. The highest BCUT2D eigenvalue weighted by Gasteiger charge is 2.09. The summed E-state index contributed by atoms with van der Waals surface area (Å²) >= 11 is 5.77. The van der Waals surface area contributed by atoms with Gasteiger partial charge in [0.1, 0.15) is 5.75 Å². The van der Waals surface area contributed by atoms with Gasteiger partial charge < -0.3 is 9.95 Å². The Morgan fingerprint density at radius 1 is 1.58 bits per heavy atom. The number of hydrogen-bond donors (Lipinski definition) is 1. The molecule has 0 aliphatic carbocycles. The Kier molecular flexibility index (Phi) is 2.57. The fraction of sp³-hybridized carbons (Fsp3) is 0.222. The number of aryl methyl sites for hydroxylation is 1. The zero-order chi connectivity index (χ0) is 9.14. The highest BCUT2D eigenvalue weighted by atomic mass is 35.5. The summed E-state index contributed by atoms with van der Waals surface area (Å²) in [5, 5.41) is 9.78. The lowest BCUT2D eigenvalue weighted by molar-refractivity contribution is 0.469. The van der Waals surface area contributed by atoms with Gasteiger partial charge in [0.2, 0.25) is 6.54 Å². The molecule has 12 heavy (non-hydrogen) atoms. The normalized spacial score (nSPS) is 9.42. The smallest absolute Gasteiger partial charge is 0.243 e. The predicted molar refractivity (Wildman–Crippen MR) is 48.2 cm³/mol. The number of phenolic OH excluding ortho intramolecular Hbond substituents is 1. The summed E-state index contributed by atoms with van der Waals surface area (Å²) in [7, 11) is 0. The van der Waals surface area contributed by atoms with Crippen molar-refractivity contribution in [2.45, 2.75) is 13.5 Å². The summed E-state index contributed by atoms with van der Waals surface area (Å²) in [5.74, 6) is 0.0349. The van der Waals surface area contributed by atoms with Crippen LogP contribution in [0.5, 0.6) is 5.75 Å². The number of rotatable bonds is 1. The van der Waals surface area contributed by atoms with Crippen molar-refractivity contribution in [1.82, 2.24) is 0 Å². The van der Waals surface area contributed by atoms with E-state index >= 15 is 0 Å². The van der Waals surface area contributed by atoms with Gasteiger partial charge in [-0.15, -0.1) is 0 Å². The van der Waals surface area contributed by atoms with Crippen molar-refractivity contribution < 1.29 is 5.11 Å². The summed E-state index contributed by atoms with van der Waals surface area (Å²) in [4.78, 5) is 3.17. The third kappa shape index (κ3) is 1.51. The molecule has 0 atom stereocenters. The molecule has 0 unspecified atom stereocenters. The van der Waals surface area contributed by atoms with Crippen LogP contribution >= 0.6 is 11.6 Å². The Labute approximate surface area is 76.2 Å². The summed E-state index contributed by atoms with van der Waals surface area (Å²) < 4.78 is 0. The van der Waals surface area contributed by atoms with Gasteiger partial charge in [-0.3, -0.25) is 0 Å². The molecule has 2 nitrogen and oxygen atoms in total. The maximum Gasteiger partial charge on any atom is 0.243 e. The molecule has 0 heterocycles. The highest BCUT2D eigenvalue weighted by Crippen LogP contribution is 2.30. The van der Waals surface area contributed by atoms with Crippen molar-refractivity contribution in [1.29, 1.82) is 0 Å². The van der Waals surface area contributed by atoms with Crippen LogP contribution in [0.1, 0.15) is 11.1 Å². The molecule has 0 bridgehead atoms. The Morgan fingerprint density at radius 3 is 2.83 bits per heavy atom. The number of hydrogen-bond acceptors (Lipinski definition) is 1. The quantitative estimate of drug-likeness (QED) is 0.662. The second-order valence-corrected chi connectivity index (χ2v) is 2.90. The summed E-state index contributed by atoms with van der Waals surface area (Å²) in [6.07, 6.45) is 0. The number of phenols is 1. The van der Waals surface area contributed by atoms with Crippen molar-refractivity contribution >= 4 is 11.6 Å². The minimum atomic E-state index is 0.0349. The molecule has 1 N–H and O–H groups in total. The molecule has 0 fully saturated rings. The fourth-order valence-corrected chi connectivity index (χ4v) is 1.10. The molecular weight excluding hydrogens is 174 g/mol. The lowest BCUT2D eigenvalue weighted by atomic mass is 10.1. The number of nitrogens with zero attached hydrogens (tertiary/aromatic N) is 1. The molecule has 0 spiro atoms. The SMILES string of the molecule is [C-]#[N+]Cc1ccc(C)c(Cl)c1O. The van der Waals surface area contributed by atoms with Crippen LogP contribution in [-0.4, -0.2) is 5.11 Å². The van der Waals surface area contributed by atoms with E-state index in [4.69, 9.17) is 18.2 Å². The first kappa shape index (κ1) is 8.89. The largest absolute Gasteiger partial charge is 0.506 e. The van der Waals surface area contributed by atoms with Crippen LogP contribution in [0.15, 0.2) is 12.1 Å². The predicted octanol–water partition coefficient (Wildman–Crippen LogP) is 2.77. The molecule has 1 aromatic rings. The molecule has 0 aromatic heterocycles. The van der Waals surface area contributed by atoms with Crippen LogP contribution in [0.3, 0.4) is 0 Å². The average Bonchev–Trinajstić information content (AvgIpc) is 2.07. The first-order valence-corrected chi connectivity index (χ1v) is 3.84. The molecule has 62 valence electrons. The monoisotopic (exact) mass is 181 g/mol. The van der Waals surface area contributed by atoms with E-state index < -0.39 is 0 Å². The molecule has 3 heteroatoms. The van der Waals surface area contributed by atoms with E-state index in [1.54, 1.807) is 12.1 Å². The number of benzene rings is 1. The van der Waals surface area contributed by atoms with Gasteiger partial charge in [-0.2, -0.15) is 0 Å². The molecule has 0 aliphatic heterocycles. The molecule has 0 amide bonds. The second-order valence-electron chi connectivity index (χ2n) is 2.52. The third-order valence-electron chi connectivity index (χ3n) is 1.64. The maximum absolute atomic E-state index is 9.43. The zero-order valence-corrected chi connectivity index (χ0v) is 7.39. The van der Waals surface area contributed by atoms with Crippen LogP contribution in [0, 0.1) is 13.5 Å². The van der Waals surface area contributed by atoms with Crippen LogP contribution in [-0.2, 0) is 6.54 Å². The molecule has 1 aromatic carbocycles. The Hall–Kier alpha value is -1.20. The summed E-state index contributed by atoms with van der Waals surface area (Å²) in [5.41, 5.74) is 1.41. The molecule has 0 saturated carbocycles. The molecular formula is C9H8ClNO. The number of aromatic hydroxyl groups is 1. The maximum atomic E-state index is 9.43. The second kappa shape index (κ2) is 3.46. The molecule has 0 radical (unpaired) electrons. The van der Waals surface area contributed by atoms with Gasteiger partial charge in [-0.1, -0.05) is 17.7 Å². The van der Waals surface area contributed by atoms with Gasteiger partial charge in [0.25, 0.3) is 0 Å². The van der Waals surface area contributed by atoms with Gasteiger partial charge in [-0.05, 0) is 18.6 Å². The first-order chi connectivity index (χ1) is 5.66.